The van der Waals surface area contributed by atoms with E-state index in [1.165, 1.54) is 7.41 Å². The molecule has 0 aliphatic rings. The Morgan fingerprint density at radius 2 is 2.60 bits per heavy atom. The first-order chi connectivity index (χ1) is 2.41. The molecule has 5 heavy (non-hydrogen) atoms. The van der Waals surface area contributed by atoms with Gasteiger partial charge in [-0.1, -0.05) is 13.2 Å². The lowest BCUT2D eigenvalue weighted by atomic mass is 9.93. The molecule has 0 bridgehead atoms. The van der Waals surface area contributed by atoms with Crippen molar-refractivity contribution in [2.75, 3.05) is 0 Å². The van der Waals surface area contributed by atoms with Crippen LogP contribution >= 0.6 is 0 Å². The van der Waals surface area contributed by atoms with Crippen molar-refractivity contribution in [2.24, 2.45) is 5.09 Å². The Bertz CT molecular complexity index is 30.8. The van der Waals surface area contributed by atoms with Crippen LogP contribution in [0.5, 0.6) is 0 Å². The van der Waals surface area contributed by atoms with Crippen LogP contribution in [-0.2, 0) is 0 Å². The standard InChI is InChI=1S/C2H5BNO/c1-2-3-4-5/h2H2,1H3. The number of nitroso groups, excluding NO2 is 1. The predicted octanol–water partition coefficient (Wildman–Crippen LogP) is 0.810. The Morgan fingerprint density at radius 1 is 2.00 bits per heavy atom. The third-order valence-corrected chi connectivity index (χ3v) is 0.257. The average Bonchev–Trinajstić information content (AvgIpc) is 1.41. The van der Waals surface area contributed by atoms with Gasteiger partial charge in [-0.15, -0.1) is 5.09 Å². The van der Waals surface area contributed by atoms with Crippen molar-refractivity contribution in [1.82, 2.24) is 0 Å². The number of rotatable bonds is 2. The van der Waals surface area contributed by atoms with E-state index in [9.17, 15) is 0 Å². The Kier molecular flexibility index (Phi) is 3.42. The van der Waals surface area contributed by atoms with Crippen LogP contribution < -0.4 is 0 Å². The molecular formula is C2H5BNO. The lowest BCUT2D eigenvalue weighted by Gasteiger charge is -1.62. The molecule has 0 saturated carbocycles. The van der Waals surface area contributed by atoms with Gasteiger partial charge >= 0.3 is 7.41 Å². The van der Waals surface area contributed by atoms with E-state index >= 15 is 0 Å². The summed E-state index contributed by atoms with van der Waals surface area (Å²) in [5, 5.41) is 2.48. The van der Waals surface area contributed by atoms with Gasteiger partial charge in [0, 0.05) is 0 Å². The number of hydrogen-bond acceptors (Lipinski definition) is 2. The third kappa shape index (κ3) is 3.66. The van der Waals surface area contributed by atoms with E-state index in [4.69, 9.17) is 4.91 Å². The van der Waals surface area contributed by atoms with Crippen LogP contribution in [0.3, 0.4) is 0 Å². The number of hydrogen-bond donors (Lipinski definition) is 0. The summed E-state index contributed by atoms with van der Waals surface area (Å²) >= 11 is 0. The highest BCUT2D eigenvalue weighted by Crippen LogP contribution is 1.68. The van der Waals surface area contributed by atoms with Gasteiger partial charge in [0.05, 0.1) is 0 Å². The van der Waals surface area contributed by atoms with Gasteiger partial charge in [0.1, 0.15) is 0 Å². The topological polar surface area (TPSA) is 29.4 Å². The zero-order chi connectivity index (χ0) is 4.12. The maximum atomic E-state index is 9.10. The van der Waals surface area contributed by atoms with E-state index in [0.29, 0.717) is 0 Å². The highest BCUT2D eigenvalue weighted by atomic mass is 16.2. The molecule has 0 amide bonds. The van der Waals surface area contributed by atoms with E-state index in [1.54, 1.807) is 0 Å². The van der Waals surface area contributed by atoms with Crippen molar-refractivity contribution < 1.29 is 0 Å². The zero-order valence-electron chi connectivity index (χ0n) is 3.14. The van der Waals surface area contributed by atoms with E-state index in [1.807, 2.05) is 6.92 Å². The molecular weight excluding hydrogens is 64.8 g/mol. The molecule has 27 valence electrons. The molecule has 1 radical (unpaired) electrons. The fraction of sp³-hybridized carbons (Fsp3) is 1.00. The first-order valence-corrected chi connectivity index (χ1v) is 1.56. The molecule has 0 spiro atoms. The minimum atomic E-state index is 0.740. The van der Waals surface area contributed by atoms with Crippen LogP contribution in [0.25, 0.3) is 0 Å². The molecule has 0 atom stereocenters. The molecule has 0 fully saturated rings. The van der Waals surface area contributed by atoms with E-state index in [2.05, 4.69) is 5.09 Å². The highest BCUT2D eigenvalue weighted by molar-refractivity contribution is 6.32. The normalized spacial score (nSPS) is 6.60. The van der Waals surface area contributed by atoms with Gasteiger partial charge in [0.25, 0.3) is 0 Å². The second-order valence-corrected chi connectivity index (χ2v) is 0.696. The van der Waals surface area contributed by atoms with Crippen molar-refractivity contribution >= 4 is 7.41 Å². The lowest BCUT2D eigenvalue weighted by molar-refractivity contribution is 1.43. The largest absolute Gasteiger partial charge is 0.336 e. The first kappa shape index (κ1) is 4.66. The fourth-order valence-corrected chi connectivity index (χ4v) is 0.0745. The maximum absolute atomic E-state index is 9.10. The Morgan fingerprint density at radius 3 is 2.60 bits per heavy atom. The van der Waals surface area contributed by atoms with Gasteiger partial charge in [-0.25, -0.2) is 0 Å². The van der Waals surface area contributed by atoms with Gasteiger partial charge < -0.3 is 0 Å². The minimum Gasteiger partial charge on any atom is -0.169 e. The van der Waals surface area contributed by atoms with Gasteiger partial charge in [-0.2, -0.15) is 4.91 Å². The highest BCUT2D eigenvalue weighted by Gasteiger charge is 1.75. The molecule has 0 rings (SSSR count). The van der Waals surface area contributed by atoms with Crippen molar-refractivity contribution in [3.8, 4) is 0 Å². The van der Waals surface area contributed by atoms with Crippen LogP contribution in [0, 0.1) is 4.91 Å². The Balaban J connectivity index is 2.40. The van der Waals surface area contributed by atoms with E-state index in [0.717, 1.165) is 6.32 Å². The van der Waals surface area contributed by atoms with Crippen molar-refractivity contribution in [3.63, 3.8) is 0 Å². The van der Waals surface area contributed by atoms with Crippen LogP contribution in [0.2, 0.25) is 6.32 Å². The van der Waals surface area contributed by atoms with Gasteiger partial charge in [0.15, 0.2) is 0 Å². The molecule has 0 aromatic rings. The summed E-state index contributed by atoms with van der Waals surface area (Å²) < 4.78 is 0. The fourth-order valence-electron chi connectivity index (χ4n) is 0.0745. The maximum Gasteiger partial charge on any atom is 0.336 e. The molecule has 3 heteroatoms. The molecule has 0 aromatic carbocycles. The average molecular weight is 69.9 g/mol. The number of nitrogens with zero attached hydrogens (tertiary/aromatic N) is 1. The molecule has 0 unspecified atom stereocenters. The lowest BCUT2D eigenvalue weighted by Crippen LogP contribution is -1.72. The van der Waals surface area contributed by atoms with E-state index in [-0.39, 0.29) is 0 Å². The summed E-state index contributed by atoms with van der Waals surface area (Å²) in [6.45, 7) is 1.86. The van der Waals surface area contributed by atoms with E-state index < -0.39 is 0 Å². The summed E-state index contributed by atoms with van der Waals surface area (Å²) in [6.07, 6.45) is 0.740. The van der Waals surface area contributed by atoms with Crippen molar-refractivity contribution in [2.45, 2.75) is 13.2 Å². The third-order valence-electron chi connectivity index (χ3n) is 0.257. The van der Waals surface area contributed by atoms with Crippen molar-refractivity contribution in [1.29, 1.82) is 0 Å². The van der Waals surface area contributed by atoms with Crippen LogP contribution in [-0.4, -0.2) is 7.41 Å². The summed E-state index contributed by atoms with van der Waals surface area (Å²) in [7, 11) is 1.32. The van der Waals surface area contributed by atoms with Gasteiger partial charge in [-0.05, 0) is 0 Å². The molecule has 0 saturated heterocycles. The Labute approximate surface area is 31.8 Å². The molecule has 0 aliphatic carbocycles. The second-order valence-electron chi connectivity index (χ2n) is 0.696. The molecule has 0 N–H and O–H groups in total. The molecule has 0 aliphatic heterocycles. The zero-order valence-corrected chi connectivity index (χ0v) is 3.14. The summed E-state index contributed by atoms with van der Waals surface area (Å²) in [5.74, 6) is 0. The summed E-state index contributed by atoms with van der Waals surface area (Å²) in [5.41, 5.74) is 0. The van der Waals surface area contributed by atoms with Crippen molar-refractivity contribution in [3.05, 3.63) is 4.91 Å². The minimum absolute atomic E-state index is 0.740. The van der Waals surface area contributed by atoms with Gasteiger partial charge in [-0.3, -0.25) is 0 Å². The molecule has 0 aromatic heterocycles. The van der Waals surface area contributed by atoms with Crippen LogP contribution in [0.1, 0.15) is 6.92 Å². The Hall–Kier alpha value is -0.335. The predicted molar refractivity (Wildman–Crippen MR) is 22.0 cm³/mol. The summed E-state index contributed by atoms with van der Waals surface area (Å²) in [6, 6.07) is 0. The first-order valence-electron chi connectivity index (χ1n) is 1.56. The SMILES string of the molecule is CC[B]N=O. The molecule has 2 nitrogen and oxygen atoms in total. The monoisotopic (exact) mass is 70.0 g/mol. The quantitative estimate of drug-likeness (QED) is 0.349. The van der Waals surface area contributed by atoms with Gasteiger partial charge in [0.2, 0.25) is 0 Å². The smallest absolute Gasteiger partial charge is 0.169 e. The second kappa shape index (κ2) is 3.66. The van der Waals surface area contributed by atoms with Crippen LogP contribution in [0.4, 0.5) is 0 Å². The summed E-state index contributed by atoms with van der Waals surface area (Å²) in [4.78, 5) is 9.10. The van der Waals surface area contributed by atoms with Crippen LogP contribution in [0.15, 0.2) is 5.09 Å². The molecule has 0 heterocycles.